The highest BCUT2D eigenvalue weighted by atomic mass is 16.5. The Bertz CT molecular complexity index is 1470. The van der Waals surface area contributed by atoms with Gasteiger partial charge in [-0.15, -0.1) is 0 Å². The molecule has 1 fully saturated rings. The molecule has 1 saturated heterocycles. The van der Waals surface area contributed by atoms with Crippen molar-refractivity contribution >= 4 is 16.9 Å². The number of benzene rings is 1. The first-order valence-electron chi connectivity index (χ1n) is 11.4. The molecule has 0 bridgehead atoms. The second kappa shape index (κ2) is 8.39. The van der Waals surface area contributed by atoms with Gasteiger partial charge in [-0.3, -0.25) is 4.98 Å². The van der Waals surface area contributed by atoms with Crippen LogP contribution in [0.1, 0.15) is 11.1 Å². The molecule has 4 aromatic heterocycles. The molecule has 0 unspecified atom stereocenters. The van der Waals surface area contributed by atoms with Crippen LogP contribution in [-0.4, -0.2) is 51.0 Å². The minimum Gasteiger partial charge on any atom is -0.449 e. The maximum atomic E-state index is 6.35. The highest BCUT2D eigenvalue weighted by molar-refractivity contribution is 5.91. The minimum absolute atomic E-state index is 0.504. The molecule has 170 valence electrons. The largest absolute Gasteiger partial charge is 0.449 e. The Hall–Kier alpha value is -4.04. The van der Waals surface area contributed by atoms with Crippen LogP contribution in [0.2, 0.25) is 0 Å². The van der Waals surface area contributed by atoms with Gasteiger partial charge in [-0.2, -0.15) is 10.1 Å². The molecule has 1 aromatic carbocycles. The van der Waals surface area contributed by atoms with Crippen molar-refractivity contribution in [2.24, 2.45) is 0 Å². The molecule has 0 aliphatic carbocycles. The highest BCUT2D eigenvalue weighted by Crippen LogP contribution is 2.36. The van der Waals surface area contributed by atoms with E-state index >= 15 is 0 Å². The van der Waals surface area contributed by atoms with Crippen molar-refractivity contribution in [2.75, 3.05) is 31.2 Å². The number of aromatic nitrogens is 5. The van der Waals surface area contributed by atoms with Crippen LogP contribution in [0.15, 0.2) is 65.3 Å². The molecular weight excluding hydrogens is 428 g/mol. The van der Waals surface area contributed by atoms with Crippen LogP contribution in [0, 0.1) is 13.8 Å². The number of morpholine rings is 1. The first kappa shape index (κ1) is 20.6. The third-order valence-electron chi connectivity index (χ3n) is 6.05. The van der Waals surface area contributed by atoms with Crippen molar-refractivity contribution in [3.8, 4) is 28.7 Å². The van der Waals surface area contributed by atoms with Crippen LogP contribution >= 0.6 is 0 Å². The maximum absolute atomic E-state index is 6.35. The molecule has 6 rings (SSSR count). The average molecular weight is 453 g/mol. The van der Waals surface area contributed by atoms with Crippen molar-refractivity contribution in [3.05, 3.63) is 72.1 Å². The van der Waals surface area contributed by atoms with E-state index in [1.165, 1.54) is 5.56 Å². The zero-order chi connectivity index (χ0) is 23.1. The number of hydrogen-bond donors (Lipinski definition) is 0. The first-order chi connectivity index (χ1) is 16.7. The molecule has 0 spiro atoms. The number of pyridine rings is 1. The fourth-order valence-electron chi connectivity index (χ4n) is 4.29. The molecule has 1 aliphatic rings. The fraction of sp³-hybridized carbons (Fsp3) is 0.231. The number of fused-ring (bicyclic) bond motifs is 1. The molecule has 8 nitrogen and oxygen atoms in total. The predicted octanol–water partition coefficient (Wildman–Crippen LogP) is 4.59. The lowest BCUT2D eigenvalue weighted by Gasteiger charge is -2.27. The summed E-state index contributed by atoms with van der Waals surface area (Å²) < 4.78 is 13.6. The number of anilines is 1. The van der Waals surface area contributed by atoms with Crippen molar-refractivity contribution in [2.45, 2.75) is 13.8 Å². The van der Waals surface area contributed by atoms with Gasteiger partial charge >= 0.3 is 0 Å². The number of nitrogens with zero attached hydrogens (tertiary/aromatic N) is 6. The van der Waals surface area contributed by atoms with Crippen molar-refractivity contribution in [1.82, 2.24) is 24.7 Å². The Morgan fingerprint density at radius 3 is 2.59 bits per heavy atom. The molecule has 5 heterocycles. The van der Waals surface area contributed by atoms with Gasteiger partial charge in [-0.25, -0.2) is 9.67 Å². The summed E-state index contributed by atoms with van der Waals surface area (Å²) in [5, 5.41) is 4.79. The van der Waals surface area contributed by atoms with E-state index in [0.29, 0.717) is 30.5 Å². The van der Waals surface area contributed by atoms with E-state index in [-0.39, 0.29) is 0 Å². The molecule has 5 aromatic rings. The SMILES string of the molecule is Cc1cccc(-c2ccn(-c3nc(N4CCOCC4)c4oc(-c5ccccn5)c(C)c4n3)n2)c1. The topological polar surface area (TPSA) is 82.1 Å². The number of hydrogen-bond acceptors (Lipinski definition) is 7. The van der Waals surface area contributed by atoms with Crippen molar-refractivity contribution < 1.29 is 9.15 Å². The predicted molar refractivity (Wildman–Crippen MR) is 130 cm³/mol. The Kier molecular flexibility index (Phi) is 5.07. The summed E-state index contributed by atoms with van der Waals surface area (Å²) in [6.07, 6.45) is 3.66. The molecule has 0 amide bonds. The van der Waals surface area contributed by atoms with Gasteiger partial charge in [0.05, 0.1) is 18.9 Å². The molecule has 8 heteroatoms. The summed E-state index contributed by atoms with van der Waals surface area (Å²) in [6.45, 7) is 6.85. The summed E-state index contributed by atoms with van der Waals surface area (Å²) in [4.78, 5) is 16.5. The van der Waals surface area contributed by atoms with Crippen LogP contribution in [-0.2, 0) is 4.74 Å². The highest BCUT2D eigenvalue weighted by Gasteiger charge is 2.25. The second-order valence-corrected chi connectivity index (χ2v) is 8.41. The fourth-order valence-corrected chi connectivity index (χ4v) is 4.29. The third-order valence-corrected chi connectivity index (χ3v) is 6.05. The van der Waals surface area contributed by atoms with Gasteiger partial charge < -0.3 is 14.1 Å². The molecule has 0 saturated carbocycles. The number of ether oxygens (including phenoxy) is 1. The summed E-state index contributed by atoms with van der Waals surface area (Å²) >= 11 is 0. The van der Waals surface area contributed by atoms with E-state index in [2.05, 4.69) is 35.0 Å². The van der Waals surface area contributed by atoms with E-state index in [1.807, 2.05) is 43.5 Å². The third kappa shape index (κ3) is 3.62. The lowest BCUT2D eigenvalue weighted by molar-refractivity contribution is 0.122. The van der Waals surface area contributed by atoms with Crippen LogP contribution in [0.25, 0.3) is 39.8 Å². The Labute approximate surface area is 196 Å². The van der Waals surface area contributed by atoms with Crippen LogP contribution in [0.4, 0.5) is 5.82 Å². The summed E-state index contributed by atoms with van der Waals surface area (Å²) in [7, 11) is 0. The minimum atomic E-state index is 0.504. The summed E-state index contributed by atoms with van der Waals surface area (Å²) in [5.41, 5.74) is 6.25. The van der Waals surface area contributed by atoms with Gasteiger partial charge in [0, 0.05) is 36.6 Å². The van der Waals surface area contributed by atoms with E-state index < -0.39 is 0 Å². The van der Waals surface area contributed by atoms with E-state index in [9.17, 15) is 0 Å². The number of furan rings is 1. The monoisotopic (exact) mass is 452 g/mol. The Morgan fingerprint density at radius 2 is 1.79 bits per heavy atom. The molecule has 0 radical (unpaired) electrons. The molecule has 0 N–H and O–H groups in total. The molecule has 0 atom stereocenters. The van der Waals surface area contributed by atoms with Crippen LogP contribution in [0.5, 0.6) is 0 Å². The van der Waals surface area contributed by atoms with E-state index in [1.54, 1.807) is 10.9 Å². The maximum Gasteiger partial charge on any atom is 0.253 e. The van der Waals surface area contributed by atoms with Crippen LogP contribution in [0.3, 0.4) is 0 Å². The van der Waals surface area contributed by atoms with E-state index in [0.717, 1.165) is 46.9 Å². The summed E-state index contributed by atoms with van der Waals surface area (Å²) in [6, 6.07) is 16.1. The Balaban J connectivity index is 1.51. The smallest absolute Gasteiger partial charge is 0.253 e. The van der Waals surface area contributed by atoms with Gasteiger partial charge in [0.15, 0.2) is 17.2 Å². The zero-order valence-corrected chi connectivity index (χ0v) is 19.1. The molecular formula is C26H24N6O2. The van der Waals surface area contributed by atoms with Crippen LogP contribution < -0.4 is 4.90 Å². The van der Waals surface area contributed by atoms with Gasteiger partial charge in [0.25, 0.3) is 5.95 Å². The van der Waals surface area contributed by atoms with Gasteiger partial charge in [-0.1, -0.05) is 29.8 Å². The number of rotatable bonds is 4. The van der Waals surface area contributed by atoms with Gasteiger partial charge in [0.1, 0.15) is 11.2 Å². The molecule has 34 heavy (non-hydrogen) atoms. The van der Waals surface area contributed by atoms with Crippen molar-refractivity contribution in [3.63, 3.8) is 0 Å². The van der Waals surface area contributed by atoms with E-state index in [4.69, 9.17) is 24.2 Å². The second-order valence-electron chi connectivity index (χ2n) is 8.41. The quantitative estimate of drug-likeness (QED) is 0.394. The average Bonchev–Trinajstić information content (AvgIpc) is 3.50. The van der Waals surface area contributed by atoms with Crippen molar-refractivity contribution in [1.29, 1.82) is 0 Å². The normalized spacial score (nSPS) is 14.1. The lowest BCUT2D eigenvalue weighted by atomic mass is 10.1. The summed E-state index contributed by atoms with van der Waals surface area (Å²) in [5.74, 6) is 1.96. The standard InChI is InChI=1S/C26H24N6O2/c1-17-6-5-7-19(16-17)20-9-11-32(30-20)26-28-22-18(2)23(21-8-3-4-10-27-21)34-24(22)25(29-26)31-12-14-33-15-13-31/h3-11,16H,12-15H2,1-2H3. The molecule has 1 aliphatic heterocycles. The first-order valence-corrected chi connectivity index (χ1v) is 11.4. The van der Waals surface area contributed by atoms with Gasteiger partial charge in [-0.05, 0) is 38.1 Å². The Morgan fingerprint density at radius 1 is 0.912 bits per heavy atom. The van der Waals surface area contributed by atoms with Gasteiger partial charge in [0.2, 0.25) is 0 Å². The lowest BCUT2D eigenvalue weighted by Crippen LogP contribution is -2.37. The zero-order valence-electron chi connectivity index (χ0n) is 19.1. The number of aryl methyl sites for hydroxylation is 2.